The van der Waals surface area contributed by atoms with E-state index in [4.69, 9.17) is 14.4 Å². The van der Waals surface area contributed by atoms with Crippen LogP contribution in [0.5, 0.6) is 0 Å². The van der Waals surface area contributed by atoms with Gasteiger partial charge in [-0.2, -0.15) is 0 Å². The van der Waals surface area contributed by atoms with Crippen molar-refractivity contribution >= 4 is 160 Å². The van der Waals surface area contributed by atoms with E-state index in [1.807, 2.05) is 40.1 Å². The summed E-state index contributed by atoms with van der Waals surface area (Å²) in [6.45, 7) is 0. The van der Waals surface area contributed by atoms with E-state index < -0.39 is 0 Å². The zero-order valence-electron chi connectivity index (χ0n) is 58.1. The number of thiophene rings is 3. The van der Waals surface area contributed by atoms with Gasteiger partial charge < -0.3 is 13.6 Å². The molecule has 0 N–H and O–H groups in total. The lowest BCUT2D eigenvalue weighted by Crippen LogP contribution is -1.95. The summed E-state index contributed by atoms with van der Waals surface area (Å²) in [6.07, 6.45) is 0. The number of benzene rings is 15. The molecule has 0 saturated heterocycles. The molecule has 0 amide bonds. The molecule has 0 radical (unpaired) electrons. The molecular formula is C100H60N4OS3. The van der Waals surface area contributed by atoms with Crippen LogP contribution >= 0.6 is 34.0 Å². The molecule has 108 heavy (non-hydrogen) atoms. The molecule has 0 fully saturated rings. The van der Waals surface area contributed by atoms with Gasteiger partial charge in [0.05, 0.1) is 44.8 Å². The molecule has 0 atom stereocenters. The normalized spacial score (nSPS) is 11.9. The van der Waals surface area contributed by atoms with Crippen LogP contribution in [0.2, 0.25) is 0 Å². The van der Waals surface area contributed by atoms with Crippen molar-refractivity contribution in [2.45, 2.75) is 0 Å². The van der Waals surface area contributed by atoms with Gasteiger partial charge in [-0.3, -0.25) is 0 Å². The number of fused-ring (bicyclic) bond motifs is 20. The Balaban J connectivity index is 0.000000135. The van der Waals surface area contributed by atoms with Crippen molar-refractivity contribution in [2.24, 2.45) is 0 Å². The number of furan rings is 1. The Labute approximate surface area is 632 Å². The summed E-state index contributed by atoms with van der Waals surface area (Å²) in [5, 5.41) is 15.1. The van der Waals surface area contributed by atoms with Gasteiger partial charge in [-0.25, -0.2) is 9.97 Å². The Bertz CT molecular complexity index is 7560. The molecule has 23 rings (SSSR count). The largest absolute Gasteiger partial charge is 0.456 e. The molecule has 504 valence electrons. The molecule has 0 spiro atoms. The minimum absolute atomic E-state index is 0.905. The SMILES string of the molecule is c1ccc(-c2cc(-c3cccc(-n4c5ccccc5c5c6c(ccc54)sc4ccccc46)c3)cc(-c3ccc4sc5ccccc5c4c3)n2)cc1.c1ccc(-c2ccc(-c3cc(-c4cccc(-n5c6ccccc6c6c7c(ccc65)oc5ccccc57)c4)cc(-c4ccc5c(c4)sc4ccccc45)n3)cc2)cc1. The monoisotopic (exact) mass is 1430 g/mol. The topological polar surface area (TPSA) is 48.8 Å². The van der Waals surface area contributed by atoms with E-state index in [-0.39, 0.29) is 0 Å². The summed E-state index contributed by atoms with van der Waals surface area (Å²) in [5.74, 6) is 0. The summed E-state index contributed by atoms with van der Waals surface area (Å²) in [7, 11) is 0. The Hall–Kier alpha value is -13.3. The van der Waals surface area contributed by atoms with Crippen molar-refractivity contribution in [2.75, 3.05) is 0 Å². The molecule has 8 aromatic heterocycles. The third-order valence-corrected chi connectivity index (χ3v) is 25.0. The number of hydrogen-bond acceptors (Lipinski definition) is 6. The Morgan fingerprint density at radius 1 is 0.194 bits per heavy atom. The second-order valence-electron chi connectivity index (χ2n) is 27.8. The van der Waals surface area contributed by atoms with Gasteiger partial charge in [0.15, 0.2) is 0 Å². The van der Waals surface area contributed by atoms with Crippen LogP contribution in [0.15, 0.2) is 368 Å². The molecule has 0 aliphatic carbocycles. The minimum Gasteiger partial charge on any atom is -0.456 e. The molecule has 8 heterocycles. The maximum atomic E-state index is 6.35. The zero-order chi connectivity index (χ0) is 70.9. The van der Waals surface area contributed by atoms with Gasteiger partial charge >= 0.3 is 0 Å². The highest BCUT2D eigenvalue weighted by Crippen LogP contribution is 2.47. The number of aromatic nitrogens is 4. The first-order chi connectivity index (χ1) is 53.5. The van der Waals surface area contributed by atoms with Crippen molar-refractivity contribution in [1.82, 2.24) is 19.1 Å². The fourth-order valence-corrected chi connectivity index (χ4v) is 19.9. The van der Waals surface area contributed by atoms with E-state index in [0.29, 0.717) is 0 Å². The van der Waals surface area contributed by atoms with Crippen LogP contribution in [0.3, 0.4) is 0 Å². The first-order valence-corrected chi connectivity index (χ1v) is 38.9. The number of para-hydroxylation sites is 3. The fourth-order valence-electron chi connectivity index (χ4n) is 16.6. The molecular weight excluding hydrogens is 1370 g/mol. The standard InChI is InChI=1S/C53H32N2OS.C47H28N2S2/c1-2-11-33(12-3-1)34-21-23-35(24-22-34)44-30-38(31-45(54-44)37-25-26-41-40-15-6-9-20-50(40)57-51(41)32-37)36-13-10-14-39(29-36)55-46-18-7-4-16-42(46)52-47(55)27-28-49-53(52)43-17-5-8-19-48(43)56-49;1-2-11-29(12-3-1)38-27-32(28-39(48-38)31-21-23-44-37(26-31)34-15-5-8-19-42(34)50-44)30-13-10-14-33(25-30)49-40-18-7-4-16-35(40)46-41(49)22-24-45-47(46)36-17-6-9-20-43(36)51-45/h1-32H;1-28H. The third-order valence-electron chi connectivity index (χ3n) is 21.6. The summed E-state index contributed by atoms with van der Waals surface area (Å²) < 4.78 is 19.0. The van der Waals surface area contributed by atoms with Crippen LogP contribution in [-0.2, 0) is 0 Å². The van der Waals surface area contributed by atoms with Crippen molar-refractivity contribution < 1.29 is 4.42 Å². The zero-order valence-corrected chi connectivity index (χ0v) is 60.5. The first kappa shape index (κ1) is 62.1. The molecule has 5 nitrogen and oxygen atoms in total. The predicted octanol–water partition coefficient (Wildman–Crippen LogP) is 29.0. The third kappa shape index (κ3) is 10.3. The van der Waals surface area contributed by atoms with Crippen molar-refractivity contribution in [3.63, 3.8) is 0 Å². The number of rotatable bonds is 9. The Morgan fingerprint density at radius 2 is 0.602 bits per heavy atom. The summed E-state index contributed by atoms with van der Waals surface area (Å²) >= 11 is 5.56. The van der Waals surface area contributed by atoms with Gasteiger partial charge in [-0.05, 0) is 161 Å². The summed E-state index contributed by atoms with van der Waals surface area (Å²) in [5.41, 5.74) is 24.0. The first-order valence-electron chi connectivity index (χ1n) is 36.5. The molecule has 0 aliphatic heterocycles. The van der Waals surface area contributed by atoms with Gasteiger partial charge in [0.1, 0.15) is 11.2 Å². The molecule has 0 unspecified atom stereocenters. The Morgan fingerprint density at radius 3 is 1.24 bits per heavy atom. The van der Waals surface area contributed by atoms with Crippen LogP contribution < -0.4 is 0 Å². The Kier molecular flexibility index (Phi) is 14.5. The van der Waals surface area contributed by atoms with E-state index in [1.165, 1.54) is 104 Å². The van der Waals surface area contributed by atoms with Crippen LogP contribution in [0, 0.1) is 0 Å². The lowest BCUT2D eigenvalue weighted by molar-refractivity contribution is 0.669. The van der Waals surface area contributed by atoms with Crippen LogP contribution in [0.25, 0.3) is 216 Å². The second-order valence-corrected chi connectivity index (χ2v) is 31.1. The van der Waals surface area contributed by atoms with E-state index in [2.05, 4.69) is 367 Å². The number of hydrogen-bond donors (Lipinski definition) is 0. The summed E-state index contributed by atoms with van der Waals surface area (Å²) in [6, 6.07) is 131. The average molecular weight is 1430 g/mol. The molecule has 0 saturated carbocycles. The lowest BCUT2D eigenvalue weighted by Gasteiger charge is -2.13. The highest BCUT2D eigenvalue weighted by atomic mass is 32.1. The van der Waals surface area contributed by atoms with Crippen molar-refractivity contribution in [3.05, 3.63) is 364 Å². The summed E-state index contributed by atoms with van der Waals surface area (Å²) in [4.78, 5) is 10.6. The predicted molar refractivity (Wildman–Crippen MR) is 461 cm³/mol. The fraction of sp³-hybridized carbons (Fsp3) is 0. The quantitative estimate of drug-likeness (QED) is 0.145. The van der Waals surface area contributed by atoms with E-state index >= 15 is 0 Å². The van der Waals surface area contributed by atoms with Crippen LogP contribution in [-0.4, -0.2) is 19.1 Å². The van der Waals surface area contributed by atoms with Crippen molar-refractivity contribution in [3.8, 4) is 89.8 Å². The molecule has 0 bridgehead atoms. The maximum absolute atomic E-state index is 6.35. The highest BCUT2D eigenvalue weighted by Gasteiger charge is 2.23. The van der Waals surface area contributed by atoms with Gasteiger partial charge in [0.25, 0.3) is 0 Å². The van der Waals surface area contributed by atoms with E-state index in [0.717, 1.165) is 112 Å². The van der Waals surface area contributed by atoms with Crippen LogP contribution in [0.1, 0.15) is 0 Å². The lowest BCUT2D eigenvalue weighted by atomic mass is 9.98. The highest BCUT2D eigenvalue weighted by molar-refractivity contribution is 7.26. The minimum atomic E-state index is 0.905. The van der Waals surface area contributed by atoms with Crippen molar-refractivity contribution in [1.29, 1.82) is 0 Å². The van der Waals surface area contributed by atoms with Crippen LogP contribution in [0.4, 0.5) is 0 Å². The van der Waals surface area contributed by atoms with E-state index in [9.17, 15) is 0 Å². The maximum Gasteiger partial charge on any atom is 0.136 e. The molecule has 8 heteroatoms. The van der Waals surface area contributed by atoms with Gasteiger partial charge in [-0.1, -0.05) is 237 Å². The van der Waals surface area contributed by atoms with E-state index in [1.54, 1.807) is 0 Å². The van der Waals surface area contributed by atoms with Gasteiger partial charge in [0, 0.05) is 126 Å². The number of pyridine rings is 2. The number of nitrogens with zero attached hydrogens (tertiary/aromatic N) is 4. The molecule has 0 aliphatic rings. The molecule has 15 aromatic carbocycles. The van der Waals surface area contributed by atoms with Gasteiger partial charge in [0.2, 0.25) is 0 Å². The van der Waals surface area contributed by atoms with Gasteiger partial charge in [-0.15, -0.1) is 34.0 Å². The second kappa shape index (κ2) is 25.2. The average Bonchev–Trinajstić information content (AvgIpc) is 1.80. The smallest absolute Gasteiger partial charge is 0.136 e. The molecule has 23 aromatic rings.